The van der Waals surface area contributed by atoms with Gasteiger partial charge >= 0.3 is 5.97 Å². The average Bonchev–Trinajstić information content (AvgIpc) is 2.25. The molecule has 1 amide bonds. The predicted octanol–water partition coefficient (Wildman–Crippen LogP) is 1.38. The second kappa shape index (κ2) is 8.91. The van der Waals surface area contributed by atoms with Gasteiger partial charge < -0.3 is 15.7 Å². The van der Waals surface area contributed by atoms with Crippen molar-refractivity contribution in [2.75, 3.05) is 6.54 Å². The van der Waals surface area contributed by atoms with Crippen LogP contribution in [0.2, 0.25) is 0 Å². The molecule has 18 heavy (non-hydrogen) atoms. The molecule has 2 atom stereocenters. The Kier molecular flexibility index (Phi) is 8.37. The van der Waals surface area contributed by atoms with Gasteiger partial charge in [0.05, 0.1) is 12.5 Å². The Morgan fingerprint density at radius 1 is 1.11 bits per heavy atom. The number of aliphatic carboxylic acids is 1. The number of amides is 1. The van der Waals surface area contributed by atoms with Gasteiger partial charge in [0.1, 0.15) is 0 Å². The molecule has 0 saturated heterocycles. The van der Waals surface area contributed by atoms with E-state index in [9.17, 15) is 9.59 Å². The minimum atomic E-state index is -0.757. The maximum atomic E-state index is 11.5. The van der Waals surface area contributed by atoms with Gasteiger partial charge in [-0.1, -0.05) is 27.2 Å². The van der Waals surface area contributed by atoms with Crippen LogP contribution in [0.25, 0.3) is 0 Å². The van der Waals surface area contributed by atoms with Crippen molar-refractivity contribution in [2.45, 2.75) is 59.0 Å². The lowest BCUT2D eigenvalue weighted by Gasteiger charge is -2.15. The van der Waals surface area contributed by atoms with E-state index in [0.717, 1.165) is 12.8 Å². The Balaban J connectivity index is 3.67. The van der Waals surface area contributed by atoms with E-state index >= 15 is 0 Å². The van der Waals surface area contributed by atoms with Crippen molar-refractivity contribution >= 4 is 11.9 Å². The van der Waals surface area contributed by atoms with Gasteiger partial charge in [-0.2, -0.15) is 0 Å². The van der Waals surface area contributed by atoms with E-state index in [-0.39, 0.29) is 17.9 Å². The molecule has 0 rings (SSSR count). The molecule has 5 heteroatoms. The summed E-state index contributed by atoms with van der Waals surface area (Å²) in [4.78, 5) is 22.1. The molecule has 0 aromatic rings. The fourth-order valence-electron chi connectivity index (χ4n) is 1.55. The van der Waals surface area contributed by atoms with Crippen LogP contribution in [0.4, 0.5) is 0 Å². The van der Waals surface area contributed by atoms with Gasteiger partial charge in [0.2, 0.25) is 5.91 Å². The largest absolute Gasteiger partial charge is 0.481 e. The summed E-state index contributed by atoms with van der Waals surface area (Å²) in [5, 5.41) is 14.7. The van der Waals surface area contributed by atoms with Crippen LogP contribution in [0.15, 0.2) is 0 Å². The standard InChI is InChI=1S/C13H26N2O3/c1-9(2)14-8-12(16)15-11(4)7-5-6-10(3)13(17)18/h9-11,14H,5-8H2,1-4H3,(H,15,16)(H,17,18). The molecule has 0 aromatic carbocycles. The Bertz CT molecular complexity index is 267. The van der Waals surface area contributed by atoms with E-state index in [1.165, 1.54) is 0 Å². The van der Waals surface area contributed by atoms with Gasteiger partial charge in [0.15, 0.2) is 0 Å². The average molecular weight is 258 g/mol. The SMILES string of the molecule is CC(C)NCC(=O)NC(C)CCCC(C)C(=O)O. The number of carboxylic acids is 1. The highest BCUT2D eigenvalue weighted by Gasteiger charge is 2.12. The van der Waals surface area contributed by atoms with Crippen LogP contribution in [-0.2, 0) is 9.59 Å². The van der Waals surface area contributed by atoms with Crippen LogP contribution in [0.3, 0.4) is 0 Å². The van der Waals surface area contributed by atoms with E-state index in [0.29, 0.717) is 19.0 Å². The van der Waals surface area contributed by atoms with Gasteiger partial charge in [-0.05, 0) is 19.8 Å². The molecule has 2 unspecified atom stereocenters. The molecule has 0 aliphatic carbocycles. The molecule has 0 heterocycles. The van der Waals surface area contributed by atoms with Crippen LogP contribution in [0.5, 0.6) is 0 Å². The fourth-order valence-corrected chi connectivity index (χ4v) is 1.55. The van der Waals surface area contributed by atoms with E-state index < -0.39 is 5.97 Å². The van der Waals surface area contributed by atoms with Gasteiger partial charge in [0.25, 0.3) is 0 Å². The fraction of sp³-hybridized carbons (Fsp3) is 0.846. The van der Waals surface area contributed by atoms with Crippen molar-refractivity contribution in [3.63, 3.8) is 0 Å². The van der Waals surface area contributed by atoms with E-state index in [1.54, 1.807) is 6.92 Å². The van der Waals surface area contributed by atoms with Crippen molar-refractivity contribution < 1.29 is 14.7 Å². The van der Waals surface area contributed by atoms with E-state index in [1.807, 2.05) is 20.8 Å². The molecule has 0 aliphatic rings. The van der Waals surface area contributed by atoms with Crippen molar-refractivity contribution in [2.24, 2.45) is 5.92 Å². The summed E-state index contributed by atoms with van der Waals surface area (Å²) in [7, 11) is 0. The van der Waals surface area contributed by atoms with Gasteiger partial charge in [-0.15, -0.1) is 0 Å². The topological polar surface area (TPSA) is 78.4 Å². The first-order valence-electron chi connectivity index (χ1n) is 6.58. The molecule has 0 aliphatic heterocycles. The highest BCUT2D eigenvalue weighted by atomic mass is 16.4. The molecular formula is C13H26N2O3. The maximum absolute atomic E-state index is 11.5. The van der Waals surface area contributed by atoms with Gasteiger partial charge in [-0.3, -0.25) is 9.59 Å². The molecule has 0 fully saturated rings. The van der Waals surface area contributed by atoms with Crippen molar-refractivity contribution in [1.82, 2.24) is 10.6 Å². The molecule has 0 radical (unpaired) electrons. The van der Waals surface area contributed by atoms with Crippen LogP contribution in [-0.4, -0.2) is 35.6 Å². The summed E-state index contributed by atoms with van der Waals surface area (Å²) in [6.45, 7) is 7.96. The minimum absolute atomic E-state index is 0.0116. The zero-order valence-corrected chi connectivity index (χ0v) is 11.8. The zero-order chi connectivity index (χ0) is 14.1. The van der Waals surface area contributed by atoms with Gasteiger partial charge in [-0.25, -0.2) is 0 Å². The first-order chi connectivity index (χ1) is 8.32. The summed E-state index contributed by atoms with van der Waals surface area (Å²) < 4.78 is 0. The highest BCUT2D eigenvalue weighted by Crippen LogP contribution is 2.09. The lowest BCUT2D eigenvalue weighted by molar-refractivity contribution is -0.141. The van der Waals surface area contributed by atoms with Crippen LogP contribution in [0.1, 0.15) is 47.0 Å². The van der Waals surface area contributed by atoms with Crippen molar-refractivity contribution in [3.8, 4) is 0 Å². The molecule has 0 spiro atoms. The Hall–Kier alpha value is -1.10. The zero-order valence-electron chi connectivity index (χ0n) is 11.8. The lowest BCUT2D eigenvalue weighted by Crippen LogP contribution is -2.40. The van der Waals surface area contributed by atoms with Gasteiger partial charge in [0, 0.05) is 12.1 Å². The number of carbonyl (C=O) groups is 2. The van der Waals surface area contributed by atoms with E-state index in [2.05, 4.69) is 10.6 Å². The maximum Gasteiger partial charge on any atom is 0.306 e. The summed E-state index contributed by atoms with van der Waals surface area (Å²) in [5.74, 6) is -1.08. The van der Waals surface area contributed by atoms with Crippen molar-refractivity contribution in [1.29, 1.82) is 0 Å². The van der Waals surface area contributed by atoms with Crippen LogP contribution >= 0.6 is 0 Å². The second-order valence-electron chi connectivity index (χ2n) is 5.17. The summed E-state index contributed by atoms with van der Waals surface area (Å²) in [5.41, 5.74) is 0. The number of hydrogen-bond acceptors (Lipinski definition) is 3. The third kappa shape index (κ3) is 8.98. The minimum Gasteiger partial charge on any atom is -0.481 e. The number of carbonyl (C=O) groups excluding carboxylic acids is 1. The summed E-state index contributed by atoms with van der Waals surface area (Å²) in [6.07, 6.45) is 2.28. The smallest absolute Gasteiger partial charge is 0.306 e. The normalized spacial score (nSPS) is 14.3. The molecule has 106 valence electrons. The molecule has 5 nitrogen and oxygen atoms in total. The van der Waals surface area contributed by atoms with Crippen LogP contribution < -0.4 is 10.6 Å². The summed E-state index contributed by atoms with van der Waals surface area (Å²) in [6, 6.07) is 0.384. The monoisotopic (exact) mass is 258 g/mol. The molecular weight excluding hydrogens is 232 g/mol. The first-order valence-corrected chi connectivity index (χ1v) is 6.58. The third-order valence-electron chi connectivity index (χ3n) is 2.77. The molecule has 0 saturated carbocycles. The first kappa shape index (κ1) is 16.9. The Morgan fingerprint density at radius 3 is 2.22 bits per heavy atom. The number of rotatable bonds is 9. The third-order valence-corrected chi connectivity index (χ3v) is 2.77. The summed E-state index contributed by atoms with van der Waals surface area (Å²) >= 11 is 0. The molecule has 3 N–H and O–H groups in total. The number of carboxylic acid groups (broad SMARTS) is 1. The molecule has 0 bridgehead atoms. The highest BCUT2D eigenvalue weighted by molar-refractivity contribution is 5.78. The number of nitrogens with one attached hydrogen (secondary N) is 2. The van der Waals surface area contributed by atoms with Crippen molar-refractivity contribution in [3.05, 3.63) is 0 Å². The predicted molar refractivity (Wildman–Crippen MR) is 71.4 cm³/mol. The second-order valence-corrected chi connectivity index (χ2v) is 5.17. The Labute approximate surface area is 109 Å². The number of hydrogen-bond donors (Lipinski definition) is 3. The Morgan fingerprint density at radius 2 is 1.72 bits per heavy atom. The van der Waals surface area contributed by atoms with E-state index in [4.69, 9.17) is 5.11 Å². The lowest BCUT2D eigenvalue weighted by atomic mass is 10.0. The van der Waals surface area contributed by atoms with Crippen LogP contribution in [0, 0.1) is 5.92 Å². The molecule has 0 aromatic heterocycles. The quantitative estimate of drug-likeness (QED) is 0.584.